The van der Waals surface area contributed by atoms with Gasteiger partial charge in [0.2, 0.25) is 5.91 Å². The van der Waals surface area contributed by atoms with Crippen LogP contribution in [0.1, 0.15) is 49.3 Å². The molecule has 184 valence electrons. The van der Waals surface area contributed by atoms with Crippen molar-refractivity contribution in [2.45, 2.75) is 44.2 Å². The van der Waals surface area contributed by atoms with Crippen LogP contribution in [0.5, 0.6) is 0 Å². The molecule has 2 aromatic heterocycles. The molecule has 5 nitrogen and oxygen atoms in total. The number of halogens is 1. The highest BCUT2D eigenvalue weighted by atomic mass is 35.5. The fraction of sp³-hybridized carbons (Fsp3) is 0.429. The van der Waals surface area contributed by atoms with Crippen molar-refractivity contribution in [2.75, 3.05) is 31.1 Å². The van der Waals surface area contributed by atoms with E-state index in [1.165, 1.54) is 11.1 Å². The van der Waals surface area contributed by atoms with E-state index in [-0.39, 0.29) is 11.8 Å². The highest BCUT2D eigenvalue weighted by molar-refractivity contribution is 7.08. The number of carbonyl (C=O) groups is 1. The number of nitrogens with one attached hydrogen (secondary N) is 1. The molecule has 0 unspecified atom stereocenters. The van der Waals surface area contributed by atoms with E-state index in [2.05, 4.69) is 74.2 Å². The third-order valence-corrected chi connectivity index (χ3v) is 8.48. The van der Waals surface area contributed by atoms with Gasteiger partial charge in [0.25, 0.3) is 0 Å². The first-order valence-electron chi connectivity index (χ1n) is 12.6. The molecule has 0 radical (unpaired) electrons. The van der Waals surface area contributed by atoms with E-state index in [4.69, 9.17) is 11.6 Å². The molecule has 1 aromatic carbocycles. The maximum atomic E-state index is 13.8. The van der Waals surface area contributed by atoms with Gasteiger partial charge in [0.15, 0.2) is 0 Å². The molecule has 4 atom stereocenters. The van der Waals surface area contributed by atoms with Crippen molar-refractivity contribution >= 4 is 34.7 Å². The zero-order valence-corrected chi connectivity index (χ0v) is 21.7. The van der Waals surface area contributed by atoms with Crippen LogP contribution in [0.4, 0.5) is 5.82 Å². The van der Waals surface area contributed by atoms with Gasteiger partial charge in [0, 0.05) is 50.4 Å². The minimum Gasteiger partial charge on any atom is -0.353 e. The monoisotopic (exact) mass is 508 g/mol. The molecule has 7 heteroatoms. The maximum Gasteiger partial charge on any atom is 0.226 e. The number of benzene rings is 1. The molecule has 35 heavy (non-hydrogen) atoms. The van der Waals surface area contributed by atoms with Crippen LogP contribution >= 0.6 is 22.9 Å². The number of hydrogen-bond donors (Lipinski definition) is 1. The summed E-state index contributed by atoms with van der Waals surface area (Å²) in [5.41, 5.74) is 2.63. The van der Waals surface area contributed by atoms with Crippen LogP contribution in [-0.4, -0.2) is 48.0 Å². The Hall–Kier alpha value is -2.41. The summed E-state index contributed by atoms with van der Waals surface area (Å²) in [6.45, 7) is 5.32. The molecule has 1 N–H and O–H groups in total. The van der Waals surface area contributed by atoms with Crippen molar-refractivity contribution in [3.05, 3.63) is 81.6 Å². The highest BCUT2D eigenvalue weighted by Crippen LogP contribution is 2.40. The Morgan fingerprint density at radius 2 is 1.89 bits per heavy atom. The number of anilines is 1. The fourth-order valence-electron chi connectivity index (χ4n) is 5.61. The third kappa shape index (κ3) is 5.71. The second-order valence-corrected chi connectivity index (χ2v) is 10.9. The molecule has 1 saturated heterocycles. The SMILES string of the molecule is C[C@@H](N[C@@H]1CC[C@H](C(=O)N2CCN(c3ccc(Cl)cn3)CC2)[C@@H](c2ccsc2)C1)c1ccccc1. The van der Waals surface area contributed by atoms with Gasteiger partial charge in [-0.15, -0.1) is 0 Å². The predicted molar refractivity (Wildman–Crippen MR) is 144 cm³/mol. The summed E-state index contributed by atoms with van der Waals surface area (Å²) in [5.74, 6) is 1.56. The zero-order valence-electron chi connectivity index (χ0n) is 20.1. The van der Waals surface area contributed by atoms with Crippen LogP contribution in [0.25, 0.3) is 0 Å². The van der Waals surface area contributed by atoms with Crippen molar-refractivity contribution in [1.29, 1.82) is 0 Å². The lowest BCUT2D eigenvalue weighted by molar-refractivity contribution is -0.137. The van der Waals surface area contributed by atoms with Gasteiger partial charge < -0.3 is 15.1 Å². The van der Waals surface area contributed by atoms with Gasteiger partial charge in [0.05, 0.1) is 5.02 Å². The number of carbonyl (C=O) groups excluding carboxylic acids is 1. The largest absolute Gasteiger partial charge is 0.353 e. The minimum absolute atomic E-state index is 0.0508. The Balaban J connectivity index is 1.23. The van der Waals surface area contributed by atoms with Gasteiger partial charge in [-0.2, -0.15) is 11.3 Å². The molecule has 2 aliphatic rings. The molecule has 3 heterocycles. The van der Waals surface area contributed by atoms with Crippen molar-refractivity contribution < 1.29 is 4.79 Å². The molecule has 5 rings (SSSR count). The van der Waals surface area contributed by atoms with Crippen LogP contribution in [0.15, 0.2) is 65.5 Å². The van der Waals surface area contributed by atoms with Gasteiger partial charge in [-0.05, 0) is 72.2 Å². The molecule has 1 amide bonds. The standard InChI is InChI=1S/C28H33ClN4OS/c1-20(21-5-3-2-4-6-21)31-24-8-9-25(26(17-24)22-11-16-35-19-22)28(34)33-14-12-32(13-15-33)27-10-7-23(29)18-30-27/h2-7,10-11,16,18-20,24-26,31H,8-9,12-15,17H2,1H3/t20-,24-,25+,26-/m1/s1. The first kappa shape index (κ1) is 24.3. The lowest BCUT2D eigenvalue weighted by Crippen LogP contribution is -2.52. The van der Waals surface area contributed by atoms with Crippen LogP contribution in [0, 0.1) is 5.92 Å². The molecule has 1 aliphatic carbocycles. The first-order chi connectivity index (χ1) is 17.1. The average Bonchev–Trinajstić information content (AvgIpc) is 3.44. The summed E-state index contributed by atoms with van der Waals surface area (Å²) < 4.78 is 0. The van der Waals surface area contributed by atoms with Crippen molar-refractivity contribution in [3.63, 3.8) is 0 Å². The Labute approximate surface area is 217 Å². The molecular weight excluding hydrogens is 476 g/mol. The van der Waals surface area contributed by atoms with E-state index in [9.17, 15) is 4.79 Å². The van der Waals surface area contributed by atoms with Gasteiger partial charge >= 0.3 is 0 Å². The second-order valence-electron chi connectivity index (χ2n) is 9.73. The van der Waals surface area contributed by atoms with Gasteiger partial charge in [-0.1, -0.05) is 41.9 Å². The average molecular weight is 509 g/mol. The van der Waals surface area contributed by atoms with E-state index in [0.29, 0.717) is 23.0 Å². The Morgan fingerprint density at radius 1 is 1.09 bits per heavy atom. The molecule has 1 saturated carbocycles. The molecule has 0 bridgehead atoms. The summed E-state index contributed by atoms with van der Waals surface area (Å²) in [6.07, 6.45) is 4.64. The number of rotatable bonds is 6. The number of aromatic nitrogens is 1. The normalized spacial score (nSPS) is 23.8. The number of piperazine rings is 1. The molecule has 1 aliphatic heterocycles. The molecular formula is C28H33ClN4OS. The summed E-state index contributed by atoms with van der Waals surface area (Å²) in [7, 11) is 0. The molecule has 0 spiro atoms. The zero-order chi connectivity index (χ0) is 24.2. The van der Waals surface area contributed by atoms with E-state index < -0.39 is 0 Å². The first-order valence-corrected chi connectivity index (χ1v) is 13.9. The number of pyridine rings is 1. The molecule has 2 fully saturated rings. The lowest BCUT2D eigenvalue weighted by atomic mass is 9.73. The van der Waals surface area contributed by atoms with Gasteiger partial charge in [0.1, 0.15) is 5.82 Å². The Kier molecular flexibility index (Phi) is 7.71. The lowest BCUT2D eigenvalue weighted by Gasteiger charge is -2.41. The van der Waals surface area contributed by atoms with E-state index in [1.807, 2.05) is 12.1 Å². The van der Waals surface area contributed by atoms with Crippen molar-refractivity contribution in [2.24, 2.45) is 5.92 Å². The van der Waals surface area contributed by atoms with Crippen molar-refractivity contribution in [3.8, 4) is 0 Å². The van der Waals surface area contributed by atoms with E-state index in [1.54, 1.807) is 17.5 Å². The molecule has 3 aromatic rings. The summed E-state index contributed by atoms with van der Waals surface area (Å²) in [4.78, 5) is 22.5. The van der Waals surface area contributed by atoms with E-state index >= 15 is 0 Å². The van der Waals surface area contributed by atoms with E-state index in [0.717, 1.165) is 51.3 Å². The quantitative estimate of drug-likeness (QED) is 0.460. The Morgan fingerprint density at radius 3 is 2.57 bits per heavy atom. The smallest absolute Gasteiger partial charge is 0.226 e. The van der Waals surface area contributed by atoms with Crippen LogP contribution in [0.3, 0.4) is 0 Å². The summed E-state index contributed by atoms with van der Waals surface area (Å²) >= 11 is 7.71. The maximum absolute atomic E-state index is 13.8. The second kappa shape index (κ2) is 11.1. The topological polar surface area (TPSA) is 48.5 Å². The third-order valence-electron chi connectivity index (χ3n) is 7.55. The minimum atomic E-state index is 0.0508. The fourth-order valence-corrected chi connectivity index (χ4v) is 6.45. The van der Waals surface area contributed by atoms with Gasteiger partial charge in [-0.25, -0.2) is 4.98 Å². The highest BCUT2D eigenvalue weighted by Gasteiger charge is 2.39. The number of hydrogen-bond acceptors (Lipinski definition) is 5. The Bertz CT molecular complexity index is 1080. The number of nitrogens with zero attached hydrogens (tertiary/aromatic N) is 3. The van der Waals surface area contributed by atoms with Crippen LogP contribution < -0.4 is 10.2 Å². The number of thiophene rings is 1. The predicted octanol–water partition coefficient (Wildman–Crippen LogP) is 5.75. The van der Waals surface area contributed by atoms with Crippen molar-refractivity contribution in [1.82, 2.24) is 15.2 Å². The summed E-state index contributed by atoms with van der Waals surface area (Å²) in [5, 5.41) is 8.86. The van der Waals surface area contributed by atoms with Crippen LogP contribution in [0.2, 0.25) is 5.02 Å². The van der Waals surface area contributed by atoms with Gasteiger partial charge in [-0.3, -0.25) is 4.79 Å². The number of amides is 1. The van der Waals surface area contributed by atoms with Crippen LogP contribution in [-0.2, 0) is 4.79 Å². The summed E-state index contributed by atoms with van der Waals surface area (Å²) in [6, 6.07) is 17.4.